The average Bonchev–Trinajstić information content (AvgIpc) is 2.18. The molecular weight excluding hydrogens is 180 g/mol. The van der Waals surface area contributed by atoms with Crippen LogP contribution in [0, 0.1) is 0 Å². The van der Waals surface area contributed by atoms with E-state index in [1.54, 1.807) is 0 Å². The zero-order valence-corrected chi connectivity index (χ0v) is 7.31. The van der Waals surface area contributed by atoms with Crippen molar-refractivity contribution >= 4 is 0 Å². The molecule has 1 aromatic carbocycles. The minimum atomic E-state index is -0.552. The van der Waals surface area contributed by atoms with E-state index in [-0.39, 0.29) is 5.95 Å². The first-order valence-corrected chi connectivity index (χ1v) is 4.15. The Morgan fingerprint density at radius 1 is 1.00 bits per heavy atom. The van der Waals surface area contributed by atoms with Crippen LogP contribution in [0.1, 0.15) is 0 Å². The van der Waals surface area contributed by atoms with E-state index in [0.29, 0.717) is 5.56 Å². The van der Waals surface area contributed by atoms with Gasteiger partial charge in [-0.3, -0.25) is 0 Å². The summed E-state index contributed by atoms with van der Waals surface area (Å²) in [5.74, 6) is -0.364. The van der Waals surface area contributed by atoms with E-state index in [2.05, 4.69) is 4.42 Å². The van der Waals surface area contributed by atoms with Crippen molar-refractivity contribution in [2.75, 3.05) is 0 Å². The monoisotopic (exact) mass is 188 g/mol. The minimum Gasteiger partial charge on any atom is -0.481 e. The van der Waals surface area contributed by atoms with Crippen molar-refractivity contribution in [2.24, 2.45) is 0 Å². The molecule has 0 fully saturated rings. The molecule has 0 spiro atoms. The summed E-state index contributed by atoms with van der Waals surface area (Å²) in [7, 11) is 0. The van der Waals surface area contributed by atoms with Gasteiger partial charge < -0.3 is 9.52 Å². The molecule has 1 heterocycles. The Kier molecular flexibility index (Phi) is 2.07. The highest BCUT2D eigenvalue weighted by Crippen LogP contribution is 2.20. The van der Waals surface area contributed by atoms with Gasteiger partial charge in [0.1, 0.15) is 0 Å². The van der Waals surface area contributed by atoms with Crippen molar-refractivity contribution in [3.63, 3.8) is 0 Å². The van der Waals surface area contributed by atoms with E-state index in [9.17, 15) is 4.79 Å². The second kappa shape index (κ2) is 3.38. The molecule has 1 aromatic heterocycles. The Balaban J connectivity index is 2.58. The fraction of sp³-hybridized carbons (Fsp3) is 0. The van der Waals surface area contributed by atoms with Gasteiger partial charge in [-0.15, -0.1) is 0 Å². The standard InChI is InChI=1S/C11H8O3/c12-10-6-9(7-11(13)14-10)8-4-2-1-3-5-8/h1-7,12H. The zero-order chi connectivity index (χ0) is 9.97. The molecule has 3 heteroatoms. The Morgan fingerprint density at radius 2 is 1.71 bits per heavy atom. The van der Waals surface area contributed by atoms with Crippen molar-refractivity contribution in [1.82, 2.24) is 0 Å². The largest absolute Gasteiger partial charge is 0.481 e. The van der Waals surface area contributed by atoms with Gasteiger partial charge in [-0.05, 0) is 11.1 Å². The van der Waals surface area contributed by atoms with Crippen LogP contribution in [-0.2, 0) is 0 Å². The molecule has 3 nitrogen and oxygen atoms in total. The number of hydrogen-bond acceptors (Lipinski definition) is 3. The predicted molar refractivity (Wildman–Crippen MR) is 52.1 cm³/mol. The molecule has 1 N–H and O–H groups in total. The second-order valence-corrected chi connectivity index (χ2v) is 2.87. The van der Waals surface area contributed by atoms with E-state index in [0.717, 1.165) is 5.56 Å². The van der Waals surface area contributed by atoms with E-state index in [1.165, 1.54) is 12.1 Å². The maximum atomic E-state index is 11.0. The third-order valence-corrected chi connectivity index (χ3v) is 1.86. The van der Waals surface area contributed by atoms with Gasteiger partial charge in [0.2, 0.25) is 0 Å². The fourth-order valence-electron chi connectivity index (χ4n) is 1.26. The summed E-state index contributed by atoms with van der Waals surface area (Å²) in [4.78, 5) is 11.0. The molecule has 14 heavy (non-hydrogen) atoms. The quantitative estimate of drug-likeness (QED) is 0.744. The highest BCUT2D eigenvalue weighted by molar-refractivity contribution is 5.63. The van der Waals surface area contributed by atoms with Gasteiger partial charge in [-0.25, -0.2) is 4.79 Å². The lowest BCUT2D eigenvalue weighted by molar-refractivity contribution is 0.310. The predicted octanol–water partition coefficient (Wildman–Crippen LogP) is 2.01. The molecule has 0 unspecified atom stereocenters. The van der Waals surface area contributed by atoms with Crippen LogP contribution in [0.5, 0.6) is 5.95 Å². The molecule has 0 saturated carbocycles. The van der Waals surface area contributed by atoms with Crippen LogP contribution in [0.15, 0.2) is 51.7 Å². The molecule has 0 saturated heterocycles. The van der Waals surface area contributed by atoms with E-state index >= 15 is 0 Å². The second-order valence-electron chi connectivity index (χ2n) is 2.87. The minimum absolute atomic E-state index is 0.364. The molecule has 70 valence electrons. The number of rotatable bonds is 1. The summed E-state index contributed by atoms with van der Waals surface area (Å²) in [5.41, 5.74) is 0.971. The van der Waals surface area contributed by atoms with Gasteiger partial charge in [-0.1, -0.05) is 30.3 Å². The van der Waals surface area contributed by atoms with Crippen LogP contribution in [0.2, 0.25) is 0 Å². The molecular formula is C11H8O3. The first kappa shape index (κ1) is 8.56. The highest BCUT2D eigenvalue weighted by atomic mass is 16.5. The molecule has 0 aliphatic heterocycles. The van der Waals surface area contributed by atoms with Crippen LogP contribution in [-0.4, -0.2) is 5.11 Å². The highest BCUT2D eigenvalue weighted by Gasteiger charge is 2.01. The summed E-state index contributed by atoms with van der Waals surface area (Å²) >= 11 is 0. The fourth-order valence-corrected chi connectivity index (χ4v) is 1.26. The van der Waals surface area contributed by atoms with Crippen LogP contribution in [0.3, 0.4) is 0 Å². The SMILES string of the molecule is O=c1cc(-c2ccccc2)cc(O)o1. The summed E-state index contributed by atoms with van der Waals surface area (Å²) in [6.07, 6.45) is 0. The first-order chi connectivity index (χ1) is 6.75. The van der Waals surface area contributed by atoms with Crippen LogP contribution in [0.25, 0.3) is 11.1 Å². The van der Waals surface area contributed by atoms with E-state index in [4.69, 9.17) is 5.11 Å². The van der Waals surface area contributed by atoms with Gasteiger partial charge in [0.25, 0.3) is 5.95 Å². The van der Waals surface area contributed by atoms with Gasteiger partial charge >= 0.3 is 5.63 Å². The maximum Gasteiger partial charge on any atom is 0.339 e. The lowest BCUT2D eigenvalue weighted by atomic mass is 10.1. The summed E-state index contributed by atoms with van der Waals surface area (Å²) < 4.78 is 4.44. The third kappa shape index (κ3) is 1.66. The Labute approximate surface area is 80.2 Å². The summed E-state index contributed by atoms with van der Waals surface area (Å²) in [5, 5.41) is 9.09. The zero-order valence-electron chi connectivity index (χ0n) is 7.31. The van der Waals surface area contributed by atoms with Crippen LogP contribution >= 0.6 is 0 Å². The number of benzene rings is 1. The van der Waals surface area contributed by atoms with E-state index in [1.807, 2.05) is 30.3 Å². The lowest BCUT2D eigenvalue weighted by Crippen LogP contribution is -1.95. The van der Waals surface area contributed by atoms with Gasteiger partial charge in [0, 0.05) is 12.1 Å². The smallest absolute Gasteiger partial charge is 0.339 e. The molecule has 2 aromatic rings. The topological polar surface area (TPSA) is 50.4 Å². The number of hydrogen-bond donors (Lipinski definition) is 1. The molecule has 0 amide bonds. The molecule has 2 rings (SSSR count). The van der Waals surface area contributed by atoms with Crippen molar-refractivity contribution in [3.05, 3.63) is 52.9 Å². The van der Waals surface area contributed by atoms with Crippen molar-refractivity contribution in [2.45, 2.75) is 0 Å². The summed E-state index contributed by atoms with van der Waals surface area (Å²) in [6, 6.07) is 12.1. The van der Waals surface area contributed by atoms with Crippen molar-refractivity contribution < 1.29 is 9.52 Å². The van der Waals surface area contributed by atoms with E-state index < -0.39 is 5.63 Å². The molecule has 0 aliphatic carbocycles. The molecule has 0 atom stereocenters. The Bertz CT molecular complexity index is 485. The van der Waals surface area contributed by atoms with Crippen molar-refractivity contribution in [1.29, 1.82) is 0 Å². The van der Waals surface area contributed by atoms with Crippen molar-refractivity contribution in [3.8, 4) is 17.1 Å². The Morgan fingerprint density at radius 3 is 2.36 bits per heavy atom. The summed E-state index contributed by atoms with van der Waals surface area (Å²) in [6.45, 7) is 0. The first-order valence-electron chi connectivity index (χ1n) is 4.15. The van der Waals surface area contributed by atoms with Crippen LogP contribution in [0.4, 0.5) is 0 Å². The lowest BCUT2D eigenvalue weighted by Gasteiger charge is -1.99. The third-order valence-electron chi connectivity index (χ3n) is 1.86. The number of aromatic hydroxyl groups is 1. The molecule has 0 radical (unpaired) electrons. The Hall–Kier alpha value is -2.03. The maximum absolute atomic E-state index is 11.0. The normalized spacial score (nSPS) is 10.0. The van der Waals surface area contributed by atoms with Gasteiger partial charge in [0.15, 0.2) is 0 Å². The average molecular weight is 188 g/mol. The van der Waals surface area contributed by atoms with Gasteiger partial charge in [-0.2, -0.15) is 0 Å². The molecule has 0 aliphatic rings. The van der Waals surface area contributed by atoms with Gasteiger partial charge in [0.05, 0.1) is 0 Å². The van der Waals surface area contributed by atoms with Crippen LogP contribution < -0.4 is 5.63 Å². The molecule has 0 bridgehead atoms.